The first-order valence-corrected chi connectivity index (χ1v) is 15.4. The number of amides is 1. The van der Waals surface area contributed by atoms with Crippen molar-refractivity contribution in [2.75, 3.05) is 0 Å². The van der Waals surface area contributed by atoms with Crippen molar-refractivity contribution in [1.29, 1.82) is 0 Å². The molecule has 0 radical (unpaired) electrons. The molecule has 0 bridgehead atoms. The minimum atomic E-state index is -4.03. The second-order valence-electron chi connectivity index (χ2n) is 10.8. The monoisotopic (exact) mass is 620 g/mol. The van der Waals surface area contributed by atoms with E-state index in [0.29, 0.717) is 29.0 Å². The van der Waals surface area contributed by atoms with E-state index in [1.165, 1.54) is 34.7 Å². The molecule has 6 rings (SSSR count). The van der Waals surface area contributed by atoms with Gasteiger partial charge in [-0.05, 0) is 57.6 Å². The van der Waals surface area contributed by atoms with Crippen LogP contribution in [0.25, 0.3) is 15.2 Å². The number of aromatic nitrogens is 5. The predicted octanol–water partition coefficient (Wildman–Crippen LogP) is 2.45. The minimum absolute atomic E-state index is 0.0503. The highest BCUT2D eigenvalue weighted by atomic mass is 32.2. The van der Waals surface area contributed by atoms with Crippen molar-refractivity contribution in [2.24, 2.45) is 0 Å². The number of sulfonamides is 1. The Hall–Kier alpha value is -3.92. The van der Waals surface area contributed by atoms with Gasteiger partial charge in [0.2, 0.25) is 10.0 Å². The number of alkyl halides is 2. The molecule has 1 N–H and O–H groups in total. The summed E-state index contributed by atoms with van der Waals surface area (Å²) in [6.45, 7) is 0.0953. The normalized spacial score (nSPS) is 17.0. The van der Waals surface area contributed by atoms with Gasteiger partial charge in [-0.1, -0.05) is 29.5 Å². The zero-order chi connectivity index (χ0) is 30.0. The minimum Gasteiger partial charge on any atom is -0.435 e. The summed E-state index contributed by atoms with van der Waals surface area (Å²) in [5.74, 6) is -0.982. The van der Waals surface area contributed by atoms with Gasteiger partial charge in [-0.15, -0.1) is 4.80 Å². The lowest BCUT2D eigenvalue weighted by molar-refractivity contribution is -0.124. The summed E-state index contributed by atoms with van der Waals surface area (Å²) < 4.78 is 59.6. The van der Waals surface area contributed by atoms with Gasteiger partial charge in [0.15, 0.2) is 0 Å². The molecular formula is C26H26F2N6O6S2. The van der Waals surface area contributed by atoms with E-state index >= 15 is 0 Å². The van der Waals surface area contributed by atoms with E-state index in [4.69, 9.17) is 0 Å². The van der Waals surface area contributed by atoms with Crippen LogP contribution in [0.2, 0.25) is 0 Å². The molecule has 2 aliphatic rings. The molecule has 12 nitrogen and oxygen atoms in total. The maximum Gasteiger partial charge on any atom is 0.387 e. The van der Waals surface area contributed by atoms with Crippen molar-refractivity contribution < 1.29 is 26.7 Å². The molecule has 0 saturated heterocycles. The van der Waals surface area contributed by atoms with Crippen molar-refractivity contribution >= 4 is 37.5 Å². The maximum absolute atomic E-state index is 14.1. The highest BCUT2D eigenvalue weighted by molar-refractivity contribution is 7.91. The van der Waals surface area contributed by atoms with Crippen molar-refractivity contribution in [2.45, 2.75) is 69.4 Å². The van der Waals surface area contributed by atoms with Gasteiger partial charge in [-0.25, -0.2) is 17.8 Å². The Kier molecular flexibility index (Phi) is 6.60. The Morgan fingerprint density at radius 2 is 1.81 bits per heavy atom. The summed E-state index contributed by atoms with van der Waals surface area (Å²) >= 11 is 1.10. The molecule has 2 saturated carbocycles. The third kappa shape index (κ3) is 4.52. The average Bonchev–Trinajstić information content (AvgIpc) is 3.79. The van der Waals surface area contributed by atoms with Crippen molar-refractivity contribution in [3.05, 3.63) is 68.6 Å². The van der Waals surface area contributed by atoms with Crippen LogP contribution in [-0.4, -0.2) is 49.8 Å². The number of nitrogens with zero attached hydrogens (tertiary/aromatic N) is 5. The van der Waals surface area contributed by atoms with Gasteiger partial charge >= 0.3 is 12.3 Å². The van der Waals surface area contributed by atoms with E-state index in [1.807, 2.05) is 0 Å². The zero-order valence-electron chi connectivity index (χ0n) is 22.5. The number of benzene rings is 1. The first kappa shape index (κ1) is 28.2. The van der Waals surface area contributed by atoms with Crippen LogP contribution in [0.4, 0.5) is 8.78 Å². The van der Waals surface area contributed by atoms with Gasteiger partial charge in [-0.3, -0.25) is 18.9 Å². The smallest absolute Gasteiger partial charge is 0.387 e. The Morgan fingerprint density at radius 3 is 2.43 bits per heavy atom. The number of halogens is 2. The molecule has 1 amide bonds. The van der Waals surface area contributed by atoms with E-state index in [-0.39, 0.29) is 41.8 Å². The number of rotatable bonds is 10. The molecule has 3 aromatic heterocycles. The number of aryl methyl sites for hydroxylation is 3. The number of thiophene rings is 1. The summed E-state index contributed by atoms with van der Waals surface area (Å²) in [4.78, 5) is 43.1. The number of carbonyl (C=O) groups is 1. The van der Waals surface area contributed by atoms with E-state index in [0.717, 1.165) is 15.9 Å². The lowest BCUT2D eigenvalue weighted by Gasteiger charge is -2.21. The summed E-state index contributed by atoms with van der Waals surface area (Å²) in [6.07, 6.45) is 3.97. The van der Waals surface area contributed by atoms with Crippen LogP contribution in [0.15, 0.2) is 46.2 Å². The summed E-state index contributed by atoms with van der Waals surface area (Å²) in [5, 5.41) is 8.90. The standard InChI is InChI=1S/C26H26F2N6O6S2/c1-15-18-19(35)33(26(10-11-26)22(36)31-42(38,39)25(2)8-9-25)24(37)32(21(18)41-20(15)34-29-12-13-30-34)14-7-16-5-3-4-6-17(16)40-23(27)28/h3-6,12-13,23H,7-11,14H2,1-2H3,(H,31,36). The van der Waals surface area contributed by atoms with Gasteiger partial charge in [0.1, 0.15) is 21.1 Å². The number of ether oxygens (including phenoxy) is 1. The molecule has 2 aliphatic carbocycles. The van der Waals surface area contributed by atoms with Crippen LogP contribution in [0.5, 0.6) is 5.75 Å². The second kappa shape index (κ2) is 9.83. The molecule has 16 heteroatoms. The topological polar surface area (TPSA) is 147 Å². The molecule has 222 valence electrons. The number of hydrogen-bond donors (Lipinski definition) is 1. The van der Waals surface area contributed by atoms with Crippen LogP contribution in [0.1, 0.15) is 43.7 Å². The van der Waals surface area contributed by atoms with E-state index in [1.54, 1.807) is 25.1 Å². The lowest BCUT2D eigenvalue weighted by atomic mass is 10.1. The van der Waals surface area contributed by atoms with Crippen LogP contribution in [-0.2, 0) is 33.3 Å². The van der Waals surface area contributed by atoms with Crippen LogP contribution < -0.4 is 20.7 Å². The zero-order valence-corrected chi connectivity index (χ0v) is 24.2. The number of hydrogen-bond acceptors (Lipinski definition) is 9. The SMILES string of the molecule is Cc1c(-n2nccn2)sc2c1c(=O)n(C1(C(=O)NS(=O)(=O)C3(C)CC3)CC1)c(=O)n2CCc1ccccc1OC(F)F. The highest BCUT2D eigenvalue weighted by Gasteiger charge is 2.58. The van der Waals surface area contributed by atoms with Crippen molar-refractivity contribution in [3.8, 4) is 10.8 Å². The van der Waals surface area contributed by atoms with Crippen molar-refractivity contribution in [3.63, 3.8) is 0 Å². The molecule has 4 aromatic rings. The van der Waals surface area contributed by atoms with Gasteiger partial charge in [0.05, 0.1) is 22.5 Å². The number of para-hydroxylation sites is 1. The molecule has 0 aliphatic heterocycles. The van der Waals surface area contributed by atoms with E-state index < -0.39 is 44.1 Å². The third-order valence-corrected chi connectivity index (χ3v) is 11.4. The molecule has 0 atom stereocenters. The molecule has 1 aromatic carbocycles. The van der Waals surface area contributed by atoms with E-state index in [9.17, 15) is 31.6 Å². The van der Waals surface area contributed by atoms with E-state index in [2.05, 4.69) is 19.7 Å². The molecule has 0 spiro atoms. The highest BCUT2D eigenvalue weighted by Crippen LogP contribution is 2.46. The molecule has 3 heterocycles. The predicted molar refractivity (Wildman–Crippen MR) is 149 cm³/mol. The molecular weight excluding hydrogens is 594 g/mol. The van der Waals surface area contributed by atoms with Gasteiger partial charge in [-0.2, -0.15) is 19.0 Å². The summed E-state index contributed by atoms with van der Waals surface area (Å²) in [5.41, 5.74) is -2.36. The average molecular weight is 621 g/mol. The Labute approximate surface area is 241 Å². The van der Waals surface area contributed by atoms with Crippen molar-refractivity contribution in [1.82, 2.24) is 28.9 Å². The van der Waals surface area contributed by atoms with Crippen LogP contribution in [0, 0.1) is 6.92 Å². The fourth-order valence-electron chi connectivity index (χ4n) is 5.03. The second-order valence-corrected chi connectivity index (χ2v) is 13.9. The Morgan fingerprint density at radius 1 is 1.14 bits per heavy atom. The van der Waals surface area contributed by atoms with Gasteiger partial charge < -0.3 is 4.74 Å². The molecule has 42 heavy (non-hydrogen) atoms. The number of nitrogens with one attached hydrogen (secondary N) is 1. The largest absolute Gasteiger partial charge is 0.435 e. The lowest BCUT2D eigenvalue weighted by Crippen LogP contribution is -2.53. The maximum atomic E-state index is 14.1. The van der Waals surface area contributed by atoms with Crippen LogP contribution in [0.3, 0.4) is 0 Å². The Bertz CT molecular complexity index is 1940. The summed E-state index contributed by atoms with van der Waals surface area (Å²) in [6, 6.07) is 6.17. The van der Waals surface area contributed by atoms with Gasteiger partial charge in [0, 0.05) is 12.1 Å². The molecule has 2 fully saturated rings. The first-order chi connectivity index (χ1) is 19.9. The summed E-state index contributed by atoms with van der Waals surface area (Å²) in [7, 11) is -4.03. The number of fused-ring (bicyclic) bond motifs is 1. The quantitative estimate of drug-likeness (QED) is 0.285. The van der Waals surface area contributed by atoms with Crippen LogP contribution >= 0.6 is 11.3 Å². The third-order valence-electron chi connectivity index (χ3n) is 7.99. The number of carbonyl (C=O) groups excluding carboxylic acids is 1. The fraction of sp³-hybridized carbons (Fsp3) is 0.423. The first-order valence-electron chi connectivity index (χ1n) is 13.1. The van der Waals surface area contributed by atoms with Gasteiger partial charge in [0.25, 0.3) is 11.5 Å². The Balaban J connectivity index is 1.49. The molecule has 0 unspecified atom stereocenters. The fourth-order valence-corrected chi connectivity index (χ4v) is 7.59.